The normalized spacial score (nSPS) is 46.8. The first kappa shape index (κ1) is 5.21. The number of Topliss-reactive ketones (excluding diaryl/α,β-unsaturated/α-hetero) is 1. The van der Waals surface area contributed by atoms with Crippen molar-refractivity contribution in [1.29, 1.82) is 0 Å². The maximum atomic E-state index is 11.0. The Kier molecular flexibility index (Phi) is 0.743. The van der Waals surface area contributed by atoms with E-state index in [-0.39, 0.29) is 11.3 Å². The molecule has 0 saturated heterocycles. The van der Waals surface area contributed by atoms with Crippen LogP contribution in [0.4, 0.5) is 0 Å². The van der Waals surface area contributed by atoms with Gasteiger partial charge in [0, 0.05) is 12.3 Å². The van der Waals surface area contributed by atoms with Crippen molar-refractivity contribution in [3.05, 3.63) is 12.2 Å². The van der Waals surface area contributed by atoms with E-state index >= 15 is 0 Å². The van der Waals surface area contributed by atoms with Gasteiger partial charge in [-0.3, -0.25) is 4.79 Å². The van der Waals surface area contributed by atoms with Gasteiger partial charge in [-0.15, -0.1) is 0 Å². The van der Waals surface area contributed by atoms with Gasteiger partial charge in [0.2, 0.25) is 0 Å². The fourth-order valence-corrected chi connectivity index (χ4v) is 1.78. The van der Waals surface area contributed by atoms with Gasteiger partial charge in [-0.2, -0.15) is 0 Å². The average molecular weight is 122 g/mol. The van der Waals surface area contributed by atoms with Crippen molar-refractivity contribution in [2.45, 2.75) is 19.8 Å². The molecule has 0 N–H and O–H groups in total. The summed E-state index contributed by atoms with van der Waals surface area (Å²) in [6.45, 7) is 2.17. The Morgan fingerprint density at radius 3 is 2.78 bits per heavy atom. The van der Waals surface area contributed by atoms with Gasteiger partial charge in [0.25, 0.3) is 0 Å². The molecule has 2 unspecified atom stereocenters. The predicted molar refractivity (Wildman–Crippen MR) is 35.0 cm³/mol. The molecule has 1 nitrogen and oxygen atoms in total. The Morgan fingerprint density at radius 2 is 2.56 bits per heavy atom. The number of carbonyl (C=O) groups excluding carboxylic acids is 1. The molecule has 2 aliphatic rings. The van der Waals surface area contributed by atoms with Crippen molar-refractivity contribution < 1.29 is 4.79 Å². The molecule has 0 aromatic heterocycles. The van der Waals surface area contributed by atoms with E-state index in [1.165, 1.54) is 0 Å². The molecular weight excluding hydrogens is 112 g/mol. The minimum Gasteiger partial charge on any atom is -0.299 e. The van der Waals surface area contributed by atoms with Gasteiger partial charge in [0.1, 0.15) is 5.78 Å². The highest BCUT2D eigenvalue weighted by Crippen LogP contribution is 2.49. The number of rotatable bonds is 0. The Hall–Kier alpha value is -0.590. The minimum atomic E-state index is 0.275. The molecule has 0 amide bonds. The standard InChI is InChI=1S/C8H10O/c1-8-4-2-6(8)7(9)3-5-8/h2,4,6H,3,5H2,1H3. The molecule has 1 saturated carbocycles. The predicted octanol–water partition coefficient (Wildman–Crippen LogP) is 1.54. The zero-order valence-electron chi connectivity index (χ0n) is 5.55. The van der Waals surface area contributed by atoms with Crippen LogP contribution in [0.3, 0.4) is 0 Å². The van der Waals surface area contributed by atoms with Gasteiger partial charge < -0.3 is 0 Å². The average Bonchev–Trinajstić information content (AvgIpc) is 1.93. The Labute approximate surface area is 54.8 Å². The van der Waals surface area contributed by atoms with E-state index < -0.39 is 0 Å². The lowest BCUT2D eigenvalue weighted by Gasteiger charge is -2.32. The number of allylic oxidation sites excluding steroid dienone is 2. The molecular formula is C8H10O. The Morgan fingerprint density at radius 1 is 1.78 bits per heavy atom. The van der Waals surface area contributed by atoms with Crippen molar-refractivity contribution in [3.8, 4) is 0 Å². The third-order valence-electron chi connectivity index (χ3n) is 2.64. The molecule has 2 aliphatic carbocycles. The molecule has 0 aliphatic heterocycles. The van der Waals surface area contributed by atoms with Crippen LogP contribution in [0.1, 0.15) is 19.8 Å². The van der Waals surface area contributed by atoms with Crippen LogP contribution in [-0.4, -0.2) is 5.78 Å². The summed E-state index contributed by atoms with van der Waals surface area (Å²) in [5.41, 5.74) is 0.275. The quantitative estimate of drug-likeness (QED) is 0.445. The van der Waals surface area contributed by atoms with Gasteiger partial charge in [-0.05, 0) is 11.8 Å². The molecule has 1 fully saturated rings. The van der Waals surface area contributed by atoms with E-state index in [0.717, 1.165) is 12.8 Å². The summed E-state index contributed by atoms with van der Waals surface area (Å²) in [6.07, 6.45) is 6.08. The van der Waals surface area contributed by atoms with Crippen LogP contribution in [0.15, 0.2) is 12.2 Å². The van der Waals surface area contributed by atoms with E-state index in [4.69, 9.17) is 0 Å². The van der Waals surface area contributed by atoms with E-state index in [9.17, 15) is 4.79 Å². The Bertz CT molecular complexity index is 193. The van der Waals surface area contributed by atoms with Crippen molar-refractivity contribution in [3.63, 3.8) is 0 Å². The van der Waals surface area contributed by atoms with Crippen LogP contribution >= 0.6 is 0 Å². The number of hydrogen-bond donors (Lipinski definition) is 0. The summed E-state index contributed by atoms with van der Waals surface area (Å²) < 4.78 is 0. The molecule has 2 rings (SSSR count). The summed E-state index contributed by atoms with van der Waals surface area (Å²) >= 11 is 0. The van der Waals surface area contributed by atoms with Crippen molar-refractivity contribution in [2.24, 2.45) is 11.3 Å². The molecule has 0 radical (unpaired) electrons. The van der Waals surface area contributed by atoms with Crippen LogP contribution < -0.4 is 0 Å². The van der Waals surface area contributed by atoms with Gasteiger partial charge in [-0.25, -0.2) is 0 Å². The van der Waals surface area contributed by atoms with Crippen molar-refractivity contribution in [1.82, 2.24) is 0 Å². The lowest BCUT2D eigenvalue weighted by molar-refractivity contribution is -0.120. The van der Waals surface area contributed by atoms with Crippen LogP contribution in [0.25, 0.3) is 0 Å². The smallest absolute Gasteiger partial charge is 0.140 e. The van der Waals surface area contributed by atoms with Crippen LogP contribution in [-0.2, 0) is 4.79 Å². The summed E-state index contributed by atoms with van der Waals surface area (Å²) in [5, 5.41) is 0. The summed E-state index contributed by atoms with van der Waals surface area (Å²) in [4.78, 5) is 11.0. The molecule has 1 heteroatoms. The highest BCUT2D eigenvalue weighted by atomic mass is 16.1. The first-order valence-corrected chi connectivity index (χ1v) is 3.44. The highest BCUT2D eigenvalue weighted by molar-refractivity contribution is 5.88. The first-order valence-electron chi connectivity index (χ1n) is 3.44. The molecule has 0 aromatic carbocycles. The minimum absolute atomic E-state index is 0.275. The highest BCUT2D eigenvalue weighted by Gasteiger charge is 2.46. The second-order valence-electron chi connectivity index (χ2n) is 3.31. The van der Waals surface area contributed by atoms with E-state index in [1.54, 1.807) is 0 Å². The number of hydrogen-bond acceptors (Lipinski definition) is 1. The fourth-order valence-electron chi connectivity index (χ4n) is 1.78. The third-order valence-corrected chi connectivity index (χ3v) is 2.64. The first-order chi connectivity index (χ1) is 4.22. The summed E-state index contributed by atoms with van der Waals surface area (Å²) in [5.74, 6) is 0.734. The van der Waals surface area contributed by atoms with Gasteiger partial charge in [0.05, 0.1) is 0 Å². The second kappa shape index (κ2) is 1.28. The molecule has 2 atom stereocenters. The monoisotopic (exact) mass is 122 g/mol. The molecule has 0 bridgehead atoms. The zero-order chi connectivity index (χ0) is 6.48. The fraction of sp³-hybridized carbons (Fsp3) is 0.625. The lowest BCUT2D eigenvalue weighted by atomic mass is 9.71. The van der Waals surface area contributed by atoms with Crippen LogP contribution in [0.2, 0.25) is 0 Å². The summed E-state index contributed by atoms with van der Waals surface area (Å²) in [7, 11) is 0. The van der Waals surface area contributed by atoms with E-state index in [1.807, 2.05) is 6.08 Å². The zero-order valence-corrected chi connectivity index (χ0v) is 5.55. The molecule has 9 heavy (non-hydrogen) atoms. The molecule has 0 aromatic rings. The lowest BCUT2D eigenvalue weighted by Crippen LogP contribution is -2.28. The number of ketones is 1. The maximum absolute atomic E-state index is 11.0. The van der Waals surface area contributed by atoms with Gasteiger partial charge in [-0.1, -0.05) is 19.1 Å². The number of fused-ring (bicyclic) bond motifs is 1. The molecule has 48 valence electrons. The molecule has 0 heterocycles. The Balaban J connectivity index is 2.35. The van der Waals surface area contributed by atoms with Crippen molar-refractivity contribution >= 4 is 5.78 Å². The number of carbonyl (C=O) groups is 1. The third kappa shape index (κ3) is 0.473. The van der Waals surface area contributed by atoms with E-state index in [0.29, 0.717) is 5.78 Å². The second-order valence-corrected chi connectivity index (χ2v) is 3.31. The topological polar surface area (TPSA) is 17.1 Å². The summed E-state index contributed by atoms with van der Waals surface area (Å²) in [6, 6.07) is 0. The van der Waals surface area contributed by atoms with Crippen molar-refractivity contribution in [2.75, 3.05) is 0 Å². The van der Waals surface area contributed by atoms with Crippen LogP contribution in [0, 0.1) is 11.3 Å². The van der Waals surface area contributed by atoms with Gasteiger partial charge >= 0.3 is 0 Å². The van der Waals surface area contributed by atoms with E-state index in [2.05, 4.69) is 13.0 Å². The maximum Gasteiger partial charge on any atom is 0.140 e. The van der Waals surface area contributed by atoms with Gasteiger partial charge in [0.15, 0.2) is 0 Å². The largest absolute Gasteiger partial charge is 0.299 e. The van der Waals surface area contributed by atoms with Crippen LogP contribution in [0.5, 0.6) is 0 Å². The SMILES string of the molecule is CC12C=CC1C(=O)CC2. The molecule has 0 spiro atoms.